The first-order chi connectivity index (χ1) is 12.8. The monoisotopic (exact) mass is 344 g/mol. The molecule has 2 aliphatic heterocycles. The number of carbonyl (C=O) groups is 1. The van der Waals surface area contributed by atoms with Crippen molar-refractivity contribution in [3.63, 3.8) is 0 Å². The van der Waals surface area contributed by atoms with Crippen molar-refractivity contribution in [3.8, 4) is 11.1 Å². The van der Waals surface area contributed by atoms with Crippen LogP contribution in [0.5, 0.6) is 0 Å². The first kappa shape index (κ1) is 15.3. The van der Waals surface area contributed by atoms with Gasteiger partial charge in [0.05, 0.1) is 0 Å². The highest BCUT2D eigenvalue weighted by molar-refractivity contribution is 6.12. The van der Waals surface area contributed by atoms with Crippen molar-refractivity contribution >= 4 is 17.9 Å². The zero-order valence-electron chi connectivity index (χ0n) is 14.5. The largest absolute Gasteiger partial charge is 0.340 e. The van der Waals surface area contributed by atoms with Gasteiger partial charge < -0.3 is 15.5 Å². The molecule has 5 rings (SSSR count). The summed E-state index contributed by atoms with van der Waals surface area (Å²) in [6.07, 6.45) is 2.86. The van der Waals surface area contributed by atoms with Crippen LogP contribution >= 0.6 is 0 Å². The topological polar surface area (TPSA) is 56.7 Å². The van der Waals surface area contributed by atoms with Gasteiger partial charge in [-0.15, -0.1) is 0 Å². The van der Waals surface area contributed by atoms with Gasteiger partial charge in [0.1, 0.15) is 5.70 Å². The summed E-state index contributed by atoms with van der Waals surface area (Å²) in [7, 11) is 0. The average molecular weight is 344 g/mol. The summed E-state index contributed by atoms with van der Waals surface area (Å²) in [5.74, 6) is 0.485. The summed E-state index contributed by atoms with van der Waals surface area (Å²) < 4.78 is 0. The van der Waals surface area contributed by atoms with Crippen LogP contribution in [0.3, 0.4) is 0 Å². The smallest absolute Gasteiger partial charge is 0.296 e. The molecule has 2 aromatic rings. The Morgan fingerprint density at radius 1 is 1.00 bits per heavy atom. The molecule has 1 saturated heterocycles. The number of hydrogen-bond donors (Lipinski definition) is 2. The van der Waals surface area contributed by atoms with Gasteiger partial charge in [-0.3, -0.25) is 4.79 Å². The molecule has 0 saturated carbocycles. The number of hydrogen-bond acceptors (Lipinski definition) is 4. The van der Waals surface area contributed by atoms with Crippen molar-refractivity contribution in [1.82, 2.24) is 15.5 Å². The predicted octanol–water partition coefficient (Wildman–Crippen LogP) is 1.99. The van der Waals surface area contributed by atoms with Crippen LogP contribution in [0.2, 0.25) is 0 Å². The second-order valence-corrected chi connectivity index (χ2v) is 6.91. The van der Waals surface area contributed by atoms with Gasteiger partial charge in [0.15, 0.2) is 0 Å². The third-order valence-corrected chi connectivity index (χ3v) is 5.23. The molecule has 1 amide bonds. The standard InChI is InChI=1S/C21H20N4O/c26-20-19(23-21(24-20)25-9-7-22-8-10-25)12-14-5-6-18-16(11-14)13-15-3-1-2-4-17(15)18/h1-6,11-12,22H,7-10,13H2,(H,23,24,26). The van der Waals surface area contributed by atoms with Crippen molar-refractivity contribution in [2.75, 3.05) is 26.2 Å². The zero-order chi connectivity index (χ0) is 17.5. The molecule has 1 fully saturated rings. The van der Waals surface area contributed by atoms with E-state index >= 15 is 0 Å². The number of benzene rings is 2. The Hall–Kier alpha value is -2.92. The minimum Gasteiger partial charge on any atom is -0.340 e. The molecule has 0 atom stereocenters. The molecule has 2 heterocycles. The normalized spacial score (nSPS) is 20.0. The van der Waals surface area contributed by atoms with Gasteiger partial charge in [-0.05, 0) is 40.3 Å². The fourth-order valence-electron chi connectivity index (χ4n) is 3.90. The minimum absolute atomic E-state index is 0.192. The summed E-state index contributed by atoms with van der Waals surface area (Å²) in [5.41, 5.74) is 6.88. The van der Waals surface area contributed by atoms with Crippen molar-refractivity contribution < 1.29 is 4.79 Å². The maximum atomic E-state index is 12.3. The van der Waals surface area contributed by atoms with E-state index in [1.54, 1.807) is 0 Å². The number of fused-ring (bicyclic) bond motifs is 3. The third-order valence-electron chi connectivity index (χ3n) is 5.23. The molecule has 1 aliphatic carbocycles. The summed E-state index contributed by atoms with van der Waals surface area (Å²) in [5, 5.41) is 6.51. The number of piperazine rings is 1. The Morgan fingerprint density at radius 2 is 1.81 bits per heavy atom. The molecule has 0 aromatic heterocycles. The summed E-state index contributed by atoms with van der Waals surface area (Å²) >= 11 is 0. The highest BCUT2D eigenvalue weighted by Gasteiger charge is 2.25. The number of carbonyl (C=O) groups excluding carboxylic acids is 1. The van der Waals surface area contributed by atoms with E-state index in [1.165, 1.54) is 22.3 Å². The number of nitrogens with zero attached hydrogens (tertiary/aromatic N) is 2. The number of rotatable bonds is 1. The minimum atomic E-state index is -0.192. The van der Waals surface area contributed by atoms with Gasteiger partial charge in [0.25, 0.3) is 5.91 Å². The van der Waals surface area contributed by atoms with Gasteiger partial charge >= 0.3 is 0 Å². The molecule has 2 aromatic carbocycles. The van der Waals surface area contributed by atoms with Crippen LogP contribution in [0.1, 0.15) is 16.7 Å². The predicted molar refractivity (Wildman–Crippen MR) is 103 cm³/mol. The van der Waals surface area contributed by atoms with Crippen LogP contribution in [0.4, 0.5) is 0 Å². The Labute approximate surface area is 152 Å². The Morgan fingerprint density at radius 3 is 2.69 bits per heavy atom. The molecule has 130 valence electrons. The lowest BCUT2D eigenvalue weighted by molar-refractivity contribution is -0.114. The molecule has 5 heteroatoms. The highest BCUT2D eigenvalue weighted by atomic mass is 16.2. The fraction of sp³-hybridized carbons (Fsp3) is 0.238. The summed E-state index contributed by atoms with van der Waals surface area (Å²) in [4.78, 5) is 18.6. The maximum Gasteiger partial charge on any atom is 0.296 e. The first-order valence-electron chi connectivity index (χ1n) is 9.06. The SMILES string of the molecule is O=C1N=C(N2CCNCC2)NC1=Cc1ccc2c(c1)Cc1ccccc1-2. The summed E-state index contributed by atoms with van der Waals surface area (Å²) in [6, 6.07) is 14.9. The molecular formula is C21H20N4O. The second-order valence-electron chi connectivity index (χ2n) is 6.91. The molecule has 3 aliphatic rings. The van der Waals surface area contributed by atoms with E-state index in [-0.39, 0.29) is 5.91 Å². The first-order valence-corrected chi connectivity index (χ1v) is 9.06. The number of guanidine groups is 1. The van der Waals surface area contributed by atoms with Gasteiger partial charge in [-0.1, -0.05) is 42.5 Å². The molecule has 0 bridgehead atoms. The molecule has 2 N–H and O–H groups in total. The van der Waals surface area contributed by atoms with Crippen molar-refractivity contribution in [1.29, 1.82) is 0 Å². The third kappa shape index (κ3) is 2.61. The molecule has 0 spiro atoms. The number of amides is 1. The van der Waals surface area contributed by atoms with Crippen LogP contribution in [0, 0.1) is 0 Å². The molecular weight excluding hydrogens is 324 g/mol. The Bertz CT molecular complexity index is 954. The molecule has 26 heavy (non-hydrogen) atoms. The quantitative estimate of drug-likeness (QED) is 0.663. The van der Waals surface area contributed by atoms with Gasteiger partial charge in [-0.25, -0.2) is 0 Å². The van der Waals surface area contributed by atoms with Gasteiger partial charge in [0.2, 0.25) is 5.96 Å². The molecule has 0 unspecified atom stereocenters. The zero-order valence-corrected chi connectivity index (χ0v) is 14.5. The van der Waals surface area contributed by atoms with E-state index in [1.807, 2.05) is 6.08 Å². The van der Waals surface area contributed by atoms with Crippen molar-refractivity contribution in [2.45, 2.75) is 6.42 Å². The highest BCUT2D eigenvalue weighted by Crippen LogP contribution is 2.37. The number of aliphatic imine (C=N–C) groups is 1. The maximum absolute atomic E-state index is 12.3. The van der Waals surface area contributed by atoms with Crippen LogP contribution < -0.4 is 10.6 Å². The van der Waals surface area contributed by atoms with E-state index < -0.39 is 0 Å². The van der Waals surface area contributed by atoms with Gasteiger partial charge in [-0.2, -0.15) is 4.99 Å². The Kier molecular flexibility index (Phi) is 3.60. The van der Waals surface area contributed by atoms with Crippen LogP contribution in [-0.4, -0.2) is 42.9 Å². The van der Waals surface area contributed by atoms with E-state index in [0.717, 1.165) is 38.2 Å². The van der Waals surface area contributed by atoms with Crippen molar-refractivity contribution in [3.05, 3.63) is 64.9 Å². The van der Waals surface area contributed by atoms with E-state index in [4.69, 9.17) is 0 Å². The van der Waals surface area contributed by atoms with Crippen LogP contribution in [-0.2, 0) is 11.2 Å². The van der Waals surface area contributed by atoms with Crippen molar-refractivity contribution in [2.24, 2.45) is 4.99 Å². The number of nitrogens with one attached hydrogen (secondary N) is 2. The van der Waals surface area contributed by atoms with E-state index in [2.05, 4.69) is 63.0 Å². The molecule has 0 radical (unpaired) electrons. The van der Waals surface area contributed by atoms with Gasteiger partial charge in [0, 0.05) is 26.2 Å². The van der Waals surface area contributed by atoms with Crippen LogP contribution in [0.25, 0.3) is 17.2 Å². The lowest BCUT2D eigenvalue weighted by atomic mass is 10.0. The van der Waals surface area contributed by atoms with Crippen LogP contribution in [0.15, 0.2) is 53.2 Å². The lowest BCUT2D eigenvalue weighted by Crippen LogP contribution is -2.49. The average Bonchev–Trinajstić information content (AvgIpc) is 3.22. The lowest BCUT2D eigenvalue weighted by Gasteiger charge is -2.28. The fourth-order valence-corrected chi connectivity index (χ4v) is 3.90. The van der Waals surface area contributed by atoms with E-state index in [0.29, 0.717) is 11.7 Å². The summed E-state index contributed by atoms with van der Waals surface area (Å²) in [6.45, 7) is 3.56. The van der Waals surface area contributed by atoms with E-state index in [9.17, 15) is 4.79 Å². The Balaban J connectivity index is 1.39. The second kappa shape index (κ2) is 6.11. The molecule has 5 nitrogen and oxygen atoms in total.